The van der Waals surface area contributed by atoms with Gasteiger partial charge in [0.1, 0.15) is 10.7 Å². The Labute approximate surface area is 111 Å². The zero-order valence-electron chi connectivity index (χ0n) is 10.5. The molecule has 0 atom stereocenters. The molecule has 7 heteroatoms. The Morgan fingerprint density at radius 3 is 2.89 bits per heavy atom. The predicted molar refractivity (Wildman–Crippen MR) is 71.1 cm³/mol. The summed E-state index contributed by atoms with van der Waals surface area (Å²) in [5.74, 6) is 0.553. The van der Waals surface area contributed by atoms with Gasteiger partial charge < -0.3 is 9.73 Å². The Hall–Kier alpha value is -1.86. The molecule has 102 valence electrons. The van der Waals surface area contributed by atoms with Gasteiger partial charge >= 0.3 is 0 Å². The smallest absolute Gasteiger partial charge is 0.244 e. The zero-order valence-corrected chi connectivity index (χ0v) is 11.3. The van der Waals surface area contributed by atoms with Gasteiger partial charge in [-0.2, -0.15) is 0 Å². The Bertz CT molecular complexity index is 623. The van der Waals surface area contributed by atoms with Crippen molar-refractivity contribution >= 4 is 15.7 Å². The fraction of sp³-hybridized carbons (Fsp3) is 0.250. The molecule has 2 heterocycles. The average molecular weight is 281 g/mol. The van der Waals surface area contributed by atoms with E-state index >= 15 is 0 Å². The number of rotatable bonds is 6. The topological polar surface area (TPSA) is 84.2 Å². The summed E-state index contributed by atoms with van der Waals surface area (Å²) in [6, 6.07) is 5.04. The van der Waals surface area contributed by atoms with Crippen LogP contribution in [-0.4, -0.2) is 19.9 Å². The Kier molecular flexibility index (Phi) is 4.18. The second kappa shape index (κ2) is 5.85. The van der Waals surface area contributed by atoms with Gasteiger partial charge in [-0.05, 0) is 25.1 Å². The molecule has 0 aliphatic heterocycles. The van der Waals surface area contributed by atoms with E-state index in [9.17, 15) is 8.42 Å². The Balaban J connectivity index is 2.19. The average Bonchev–Trinajstić information content (AvgIpc) is 2.91. The van der Waals surface area contributed by atoms with Crippen LogP contribution < -0.4 is 10.0 Å². The number of nitrogens with one attached hydrogen (secondary N) is 2. The number of sulfonamides is 1. The van der Waals surface area contributed by atoms with Crippen LogP contribution in [0, 0.1) is 0 Å². The summed E-state index contributed by atoms with van der Waals surface area (Å²) in [7, 11) is -3.62. The van der Waals surface area contributed by atoms with Gasteiger partial charge in [0.05, 0.1) is 18.5 Å². The van der Waals surface area contributed by atoms with E-state index in [4.69, 9.17) is 4.42 Å². The number of hydrogen-bond donors (Lipinski definition) is 2. The van der Waals surface area contributed by atoms with Crippen LogP contribution in [0.3, 0.4) is 0 Å². The van der Waals surface area contributed by atoms with E-state index < -0.39 is 10.0 Å². The van der Waals surface area contributed by atoms with Crippen LogP contribution in [0.15, 0.2) is 46.2 Å². The summed E-state index contributed by atoms with van der Waals surface area (Å²) in [5, 5.41) is 2.99. The van der Waals surface area contributed by atoms with Crippen molar-refractivity contribution < 1.29 is 12.8 Å². The molecule has 2 aromatic heterocycles. The number of nitrogens with zero attached hydrogens (tertiary/aromatic N) is 1. The summed E-state index contributed by atoms with van der Waals surface area (Å²) < 4.78 is 31.9. The zero-order chi connectivity index (χ0) is 13.7. The van der Waals surface area contributed by atoms with Gasteiger partial charge in [-0.15, -0.1) is 0 Å². The molecule has 0 bridgehead atoms. The molecule has 19 heavy (non-hydrogen) atoms. The molecule has 0 spiro atoms. The number of aromatic nitrogens is 1. The quantitative estimate of drug-likeness (QED) is 0.840. The van der Waals surface area contributed by atoms with Crippen LogP contribution in [0.4, 0.5) is 5.69 Å². The van der Waals surface area contributed by atoms with Crippen molar-refractivity contribution in [1.82, 2.24) is 9.71 Å². The minimum atomic E-state index is -3.62. The molecule has 0 saturated carbocycles. The number of anilines is 1. The highest BCUT2D eigenvalue weighted by molar-refractivity contribution is 7.89. The van der Waals surface area contributed by atoms with E-state index in [1.54, 1.807) is 24.4 Å². The van der Waals surface area contributed by atoms with E-state index in [-0.39, 0.29) is 11.4 Å². The SMILES string of the molecule is CCNc1ccncc1S(=O)(=O)NCc1ccco1. The van der Waals surface area contributed by atoms with Crippen molar-refractivity contribution in [2.75, 3.05) is 11.9 Å². The first kappa shape index (κ1) is 13.6. The molecule has 0 aliphatic rings. The lowest BCUT2D eigenvalue weighted by molar-refractivity contribution is 0.498. The molecular weight excluding hydrogens is 266 g/mol. The fourth-order valence-electron chi connectivity index (χ4n) is 1.59. The maximum atomic E-state index is 12.2. The fourth-order valence-corrected chi connectivity index (χ4v) is 2.70. The van der Waals surface area contributed by atoms with Crippen LogP contribution in [0.1, 0.15) is 12.7 Å². The molecule has 0 fully saturated rings. The van der Waals surface area contributed by atoms with Crippen molar-refractivity contribution in [3.8, 4) is 0 Å². The highest BCUT2D eigenvalue weighted by Gasteiger charge is 2.18. The number of pyridine rings is 1. The first-order valence-corrected chi connectivity index (χ1v) is 7.31. The lowest BCUT2D eigenvalue weighted by atomic mass is 10.4. The van der Waals surface area contributed by atoms with Crippen molar-refractivity contribution in [2.45, 2.75) is 18.4 Å². The second-order valence-electron chi connectivity index (χ2n) is 3.81. The van der Waals surface area contributed by atoms with E-state index in [0.717, 1.165) is 0 Å². The molecule has 0 radical (unpaired) electrons. The first-order chi connectivity index (χ1) is 9.13. The molecule has 6 nitrogen and oxygen atoms in total. The highest BCUT2D eigenvalue weighted by Crippen LogP contribution is 2.19. The monoisotopic (exact) mass is 281 g/mol. The molecule has 0 saturated heterocycles. The first-order valence-electron chi connectivity index (χ1n) is 5.83. The summed E-state index contributed by atoms with van der Waals surface area (Å²) in [6.45, 7) is 2.63. The predicted octanol–water partition coefficient (Wildman–Crippen LogP) is 1.58. The number of hydrogen-bond acceptors (Lipinski definition) is 5. The normalized spacial score (nSPS) is 11.4. The van der Waals surface area contributed by atoms with Gasteiger partial charge in [0.15, 0.2) is 0 Å². The van der Waals surface area contributed by atoms with Gasteiger partial charge in [-0.1, -0.05) is 0 Å². The van der Waals surface area contributed by atoms with Crippen LogP contribution in [0.5, 0.6) is 0 Å². The van der Waals surface area contributed by atoms with Crippen molar-refractivity contribution in [3.05, 3.63) is 42.6 Å². The summed E-state index contributed by atoms with van der Waals surface area (Å²) in [4.78, 5) is 3.98. The molecule has 2 aromatic rings. The molecule has 0 amide bonds. The Morgan fingerprint density at radius 1 is 1.37 bits per heavy atom. The van der Waals surface area contributed by atoms with Crippen molar-refractivity contribution in [3.63, 3.8) is 0 Å². The third-order valence-corrected chi connectivity index (χ3v) is 3.89. The van der Waals surface area contributed by atoms with Crippen LogP contribution in [0.2, 0.25) is 0 Å². The summed E-state index contributed by atoms with van der Waals surface area (Å²) in [5.41, 5.74) is 0.532. The minimum absolute atomic E-state index is 0.107. The van der Waals surface area contributed by atoms with E-state index in [1.807, 2.05) is 6.92 Å². The van der Waals surface area contributed by atoms with E-state index in [1.165, 1.54) is 12.5 Å². The third-order valence-electron chi connectivity index (χ3n) is 2.46. The van der Waals surface area contributed by atoms with Crippen molar-refractivity contribution in [2.24, 2.45) is 0 Å². The van der Waals surface area contributed by atoms with Gasteiger partial charge in [-0.3, -0.25) is 4.98 Å². The molecule has 0 aromatic carbocycles. The summed E-state index contributed by atoms with van der Waals surface area (Å²) >= 11 is 0. The largest absolute Gasteiger partial charge is 0.468 e. The van der Waals surface area contributed by atoms with Gasteiger partial charge in [0.2, 0.25) is 10.0 Å². The molecule has 2 rings (SSSR count). The lowest BCUT2D eigenvalue weighted by Gasteiger charge is -2.10. The Morgan fingerprint density at radius 2 is 2.21 bits per heavy atom. The van der Waals surface area contributed by atoms with Gasteiger partial charge in [0, 0.05) is 18.9 Å². The molecular formula is C12H15N3O3S. The van der Waals surface area contributed by atoms with Crippen LogP contribution in [-0.2, 0) is 16.6 Å². The third kappa shape index (κ3) is 3.33. The van der Waals surface area contributed by atoms with Gasteiger partial charge in [-0.25, -0.2) is 13.1 Å². The standard InChI is InChI=1S/C12H15N3O3S/c1-2-14-11-5-6-13-9-12(11)19(16,17)15-8-10-4-3-7-18-10/h3-7,9,15H,2,8H2,1H3,(H,13,14). The molecule has 0 unspecified atom stereocenters. The lowest BCUT2D eigenvalue weighted by Crippen LogP contribution is -2.24. The maximum absolute atomic E-state index is 12.2. The summed E-state index contributed by atoms with van der Waals surface area (Å²) in [6.07, 6.45) is 4.36. The number of furan rings is 1. The maximum Gasteiger partial charge on any atom is 0.244 e. The molecule has 0 aliphatic carbocycles. The minimum Gasteiger partial charge on any atom is -0.468 e. The van der Waals surface area contributed by atoms with Crippen molar-refractivity contribution in [1.29, 1.82) is 0 Å². The van der Waals surface area contributed by atoms with Crippen LogP contribution in [0.25, 0.3) is 0 Å². The van der Waals surface area contributed by atoms with Crippen LogP contribution >= 0.6 is 0 Å². The van der Waals surface area contributed by atoms with E-state index in [0.29, 0.717) is 18.0 Å². The van der Waals surface area contributed by atoms with E-state index in [2.05, 4.69) is 15.0 Å². The molecule has 2 N–H and O–H groups in total. The second-order valence-corrected chi connectivity index (χ2v) is 5.54. The van der Waals surface area contributed by atoms with Gasteiger partial charge in [0.25, 0.3) is 0 Å². The highest BCUT2D eigenvalue weighted by atomic mass is 32.2.